The summed E-state index contributed by atoms with van der Waals surface area (Å²) in [5.41, 5.74) is -1.66. The molecule has 0 aromatic rings. The molecule has 0 aromatic carbocycles. The molecule has 88 valence electrons. The fraction of sp³-hybridized carbons (Fsp3) is 0.714. The van der Waals surface area contributed by atoms with Gasteiger partial charge in [-0.05, 0) is 6.92 Å². The first-order valence-corrected chi connectivity index (χ1v) is 3.84. The van der Waals surface area contributed by atoms with Crippen LogP contribution >= 0.6 is 0 Å². The van der Waals surface area contributed by atoms with Gasteiger partial charge in [0.25, 0.3) is 5.70 Å². The van der Waals surface area contributed by atoms with Gasteiger partial charge in [-0.3, -0.25) is 30.3 Å². The van der Waals surface area contributed by atoms with Crippen LogP contribution < -0.4 is 0 Å². The molecule has 0 heterocycles. The van der Waals surface area contributed by atoms with Crippen molar-refractivity contribution in [2.24, 2.45) is 5.89 Å². The third-order valence-corrected chi connectivity index (χ3v) is 1.84. The van der Waals surface area contributed by atoms with Crippen molar-refractivity contribution in [3.63, 3.8) is 0 Å². The Morgan fingerprint density at radius 3 is 2.31 bits per heavy atom. The molecule has 0 saturated carbocycles. The summed E-state index contributed by atoms with van der Waals surface area (Å²) in [7, 11) is 0. The number of rotatable bonds is 3. The Hall–Kier alpha value is -2.06. The van der Waals surface area contributed by atoms with Gasteiger partial charge in [0.15, 0.2) is 0 Å². The monoisotopic (exact) mass is 236 g/mol. The van der Waals surface area contributed by atoms with Gasteiger partial charge in [-0.2, -0.15) is 0 Å². The fourth-order valence-electron chi connectivity index (χ4n) is 1.08. The first kappa shape index (κ1) is 6.51. The molecule has 3 unspecified atom stereocenters. The highest BCUT2D eigenvalue weighted by Crippen LogP contribution is 2.28. The Labute approximate surface area is 96.2 Å². The van der Waals surface area contributed by atoms with Crippen LogP contribution in [0.3, 0.4) is 0 Å². The maximum Gasteiger partial charge on any atom is 0.256 e. The smallest absolute Gasteiger partial charge is 0.256 e. The van der Waals surface area contributed by atoms with E-state index >= 15 is 0 Å². The summed E-state index contributed by atoms with van der Waals surface area (Å²) < 4.78 is 37.9. The van der Waals surface area contributed by atoms with Crippen molar-refractivity contribution in [2.45, 2.75) is 25.3 Å². The van der Waals surface area contributed by atoms with Crippen LogP contribution in [0.1, 0.15) is 20.2 Å². The largest absolute Gasteiger partial charge is 0.264 e. The molecule has 0 fully saturated rings. The lowest BCUT2D eigenvalue weighted by molar-refractivity contribution is -0.576. The molecule has 0 radical (unpaired) electrons. The number of nitrogens with zero attached hydrogens (tertiary/aromatic N) is 3. The first-order chi connectivity index (χ1) is 9.18. The van der Waals surface area contributed by atoms with Crippen molar-refractivity contribution >= 4 is 0 Å². The minimum absolute atomic E-state index is 0.0592. The van der Waals surface area contributed by atoms with Crippen LogP contribution in [-0.4, -0.2) is 26.8 Å². The lowest BCUT2D eigenvalue weighted by Gasteiger charge is -2.21. The van der Waals surface area contributed by atoms with Crippen molar-refractivity contribution in [3.8, 4) is 0 Å². The Morgan fingerprint density at radius 2 is 1.94 bits per heavy atom. The molecule has 0 saturated heterocycles. The number of nitro groups is 3. The van der Waals surface area contributed by atoms with Gasteiger partial charge in [0.05, 0.1) is 16.9 Å². The second-order valence-electron chi connectivity index (χ2n) is 2.78. The Morgan fingerprint density at radius 1 is 1.38 bits per heavy atom. The van der Waals surface area contributed by atoms with E-state index in [0.717, 1.165) is 0 Å². The molecule has 0 N–H and O–H groups in total. The van der Waals surface area contributed by atoms with Crippen LogP contribution in [0.15, 0.2) is 11.8 Å². The standard InChI is InChI=1S/C7H9N3O6/c1-4-6(9(13)14)2-5(8(11)12)3-7(4)10(15)16/h2,4,6-7H,3H2,1H3/i3D2,4D,6D,7D. The Kier molecular flexibility index (Phi) is 1.71. The average molecular weight is 236 g/mol. The van der Waals surface area contributed by atoms with Crippen molar-refractivity contribution < 1.29 is 21.6 Å². The molecule has 9 nitrogen and oxygen atoms in total. The molecule has 1 aliphatic rings. The molecule has 9 heteroatoms. The molecule has 3 atom stereocenters. The van der Waals surface area contributed by atoms with Gasteiger partial charge in [-0.1, -0.05) is 0 Å². The van der Waals surface area contributed by atoms with Gasteiger partial charge >= 0.3 is 0 Å². The summed E-state index contributed by atoms with van der Waals surface area (Å²) in [4.78, 5) is 28.3. The molecule has 0 aromatic heterocycles. The highest BCUT2D eigenvalue weighted by Gasteiger charge is 2.47. The van der Waals surface area contributed by atoms with Crippen LogP contribution in [-0.2, 0) is 0 Å². The Bertz CT molecular complexity index is 579. The third-order valence-electron chi connectivity index (χ3n) is 1.84. The lowest BCUT2D eigenvalue weighted by atomic mass is 9.85. The zero-order valence-corrected chi connectivity index (χ0v) is 7.87. The molecule has 0 bridgehead atoms. The molecule has 1 rings (SSSR count). The summed E-state index contributed by atoms with van der Waals surface area (Å²) >= 11 is 0. The van der Waals surface area contributed by atoms with E-state index in [9.17, 15) is 30.3 Å². The zero-order valence-electron chi connectivity index (χ0n) is 12.9. The number of hydrogen-bond donors (Lipinski definition) is 0. The van der Waals surface area contributed by atoms with Crippen LogP contribution in [0.2, 0.25) is 0 Å². The summed E-state index contributed by atoms with van der Waals surface area (Å²) in [6, 6.07) is -7.26. The summed E-state index contributed by atoms with van der Waals surface area (Å²) in [5.74, 6) is -3.24. The predicted octanol–water partition coefficient (Wildman–Crippen LogP) is 0.477. The van der Waals surface area contributed by atoms with Crippen molar-refractivity contribution in [1.29, 1.82) is 0 Å². The molecule has 0 aliphatic heterocycles. The summed E-state index contributed by atoms with van der Waals surface area (Å²) in [6.45, 7) is 0.462. The van der Waals surface area contributed by atoms with Crippen molar-refractivity contribution in [2.75, 3.05) is 0 Å². The van der Waals surface area contributed by atoms with E-state index in [2.05, 4.69) is 0 Å². The minimum atomic E-state index is -3.83. The lowest BCUT2D eigenvalue weighted by Crippen LogP contribution is -2.42. The quantitative estimate of drug-likeness (QED) is 0.517. The second-order valence-corrected chi connectivity index (χ2v) is 2.78. The van der Waals surface area contributed by atoms with E-state index in [1.807, 2.05) is 0 Å². The van der Waals surface area contributed by atoms with Crippen molar-refractivity contribution in [3.05, 3.63) is 42.1 Å². The van der Waals surface area contributed by atoms with E-state index in [4.69, 9.17) is 6.85 Å². The SMILES string of the molecule is [2H]C1([2H])C([N+](=O)[O-])=CC([2H])([N+](=O)[O-])C([2H])(C)C1([2H])[N+](=O)[O-]. The second kappa shape index (κ2) is 4.21. The van der Waals surface area contributed by atoms with Crippen LogP contribution in [0.5, 0.6) is 0 Å². The van der Waals surface area contributed by atoms with Crippen LogP contribution in [0, 0.1) is 36.2 Å². The highest BCUT2D eigenvalue weighted by molar-refractivity contribution is 5.06. The Balaban J connectivity index is 3.94. The molecule has 0 amide bonds. The zero-order chi connectivity index (χ0) is 17.0. The molecule has 1 aliphatic carbocycles. The molecular formula is C7H9N3O6. The highest BCUT2D eigenvalue weighted by atomic mass is 16.6. The molecule has 0 spiro atoms. The van der Waals surface area contributed by atoms with Gasteiger partial charge in [0.2, 0.25) is 12.0 Å². The van der Waals surface area contributed by atoms with E-state index in [1.54, 1.807) is 0 Å². The molecular weight excluding hydrogens is 222 g/mol. The van der Waals surface area contributed by atoms with Gasteiger partial charge in [0.1, 0.15) is 9.11 Å². The first-order valence-electron chi connectivity index (χ1n) is 6.34. The maximum absolute atomic E-state index is 11.1. The van der Waals surface area contributed by atoms with E-state index in [-0.39, 0.29) is 6.08 Å². The topological polar surface area (TPSA) is 129 Å². The predicted molar refractivity (Wildman–Crippen MR) is 50.4 cm³/mol. The van der Waals surface area contributed by atoms with Crippen molar-refractivity contribution in [1.82, 2.24) is 0 Å². The van der Waals surface area contributed by atoms with Crippen LogP contribution in [0.4, 0.5) is 0 Å². The maximum atomic E-state index is 11.1. The minimum Gasteiger partial charge on any atom is -0.264 e. The van der Waals surface area contributed by atoms with Gasteiger partial charge in [-0.25, -0.2) is 0 Å². The van der Waals surface area contributed by atoms with Gasteiger partial charge in [-0.15, -0.1) is 0 Å². The van der Waals surface area contributed by atoms with E-state index < -0.39 is 44.8 Å². The summed E-state index contributed by atoms with van der Waals surface area (Å²) in [6.07, 6.45) is -3.67. The van der Waals surface area contributed by atoms with Crippen LogP contribution in [0.25, 0.3) is 0 Å². The summed E-state index contributed by atoms with van der Waals surface area (Å²) in [5, 5.41) is 32.9. The normalized spacial score (nSPS) is 50.8. The van der Waals surface area contributed by atoms with E-state index in [1.165, 1.54) is 0 Å². The average Bonchev–Trinajstić information content (AvgIpc) is 2.31. The number of hydrogen-bond acceptors (Lipinski definition) is 6. The third kappa shape index (κ3) is 2.12. The van der Waals surface area contributed by atoms with Gasteiger partial charge < -0.3 is 0 Å². The molecule has 16 heavy (non-hydrogen) atoms. The van der Waals surface area contributed by atoms with E-state index in [0.29, 0.717) is 6.92 Å². The fourth-order valence-corrected chi connectivity index (χ4v) is 1.08. The van der Waals surface area contributed by atoms with Gasteiger partial charge in [0, 0.05) is 14.0 Å².